The number of nitrogens with one attached hydrogen (secondary N) is 1. The summed E-state index contributed by atoms with van der Waals surface area (Å²) in [5, 5.41) is 4.53. The number of ether oxygens (including phenoxy) is 1. The number of esters is 1. The minimum atomic E-state index is -0.432. The van der Waals surface area contributed by atoms with Crippen molar-refractivity contribution in [3.05, 3.63) is 16.3 Å². The maximum Gasteiger partial charge on any atom is 0.350 e. The van der Waals surface area contributed by atoms with Gasteiger partial charge in [-0.15, -0.1) is 11.3 Å². The first-order valence-electron chi connectivity index (χ1n) is 6.95. The van der Waals surface area contributed by atoms with Crippen LogP contribution >= 0.6 is 11.3 Å². The number of carbonyl (C=O) groups excluding carboxylic acids is 2. The van der Waals surface area contributed by atoms with Crippen molar-refractivity contribution in [2.45, 2.75) is 19.4 Å². The van der Waals surface area contributed by atoms with E-state index in [0.717, 1.165) is 19.5 Å². The lowest BCUT2D eigenvalue weighted by molar-refractivity contribution is -0.117. The summed E-state index contributed by atoms with van der Waals surface area (Å²) in [6.07, 6.45) is 1.02. The number of hydrogen-bond acceptors (Lipinski definition) is 6. The molecule has 0 spiro atoms. The molecule has 0 aromatic carbocycles. The number of anilines is 1. The Morgan fingerprint density at radius 2 is 2.38 bits per heavy atom. The van der Waals surface area contributed by atoms with Gasteiger partial charge >= 0.3 is 5.97 Å². The van der Waals surface area contributed by atoms with Crippen LogP contribution in [0.1, 0.15) is 23.0 Å². The van der Waals surface area contributed by atoms with Gasteiger partial charge in [-0.1, -0.05) is 0 Å². The highest BCUT2D eigenvalue weighted by Gasteiger charge is 2.26. The van der Waals surface area contributed by atoms with E-state index in [1.165, 1.54) is 18.4 Å². The van der Waals surface area contributed by atoms with E-state index < -0.39 is 5.97 Å². The van der Waals surface area contributed by atoms with E-state index >= 15 is 0 Å². The van der Waals surface area contributed by atoms with Crippen molar-refractivity contribution >= 4 is 28.9 Å². The summed E-state index contributed by atoms with van der Waals surface area (Å²) in [5.74, 6) is -0.105. The highest BCUT2D eigenvalue weighted by atomic mass is 32.1. The lowest BCUT2D eigenvalue weighted by atomic mass is 10.0. The third kappa shape index (κ3) is 4.03. The van der Waals surface area contributed by atoms with Crippen LogP contribution in [-0.4, -0.2) is 49.6 Å². The smallest absolute Gasteiger partial charge is 0.350 e. The van der Waals surface area contributed by atoms with E-state index in [1.54, 1.807) is 11.4 Å². The summed E-state index contributed by atoms with van der Waals surface area (Å²) in [4.78, 5) is 26.1. The molecule has 1 aromatic heterocycles. The minimum Gasteiger partial charge on any atom is -0.465 e. The molecule has 0 aliphatic carbocycles. The van der Waals surface area contributed by atoms with Gasteiger partial charge in [0.15, 0.2) is 0 Å². The Morgan fingerprint density at radius 3 is 3.00 bits per heavy atom. The fourth-order valence-electron chi connectivity index (χ4n) is 2.49. The minimum absolute atomic E-state index is 0.121. The Kier molecular flexibility index (Phi) is 5.33. The number of methoxy groups -OCH3 is 1. The molecular weight excluding hydrogens is 290 g/mol. The van der Waals surface area contributed by atoms with Crippen LogP contribution in [0.25, 0.3) is 0 Å². The first kappa shape index (κ1) is 15.9. The van der Waals surface area contributed by atoms with E-state index in [4.69, 9.17) is 5.73 Å². The summed E-state index contributed by atoms with van der Waals surface area (Å²) in [6, 6.07) is 1.87. The van der Waals surface area contributed by atoms with E-state index in [-0.39, 0.29) is 11.9 Å². The van der Waals surface area contributed by atoms with E-state index in [0.29, 0.717) is 23.0 Å². The van der Waals surface area contributed by atoms with Crippen molar-refractivity contribution in [3.63, 3.8) is 0 Å². The Bertz CT molecular complexity index is 515. The Labute approximate surface area is 128 Å². The highest BCUT2D eigenvalue weighted by Crippen LogP contribution is 2.23. The first-order chi connectivity index (χ1) is 10.0. The molecule has 2 unspecified atom stereocenters. The summed E-state index contributed by atoms with van der Waals surface area (Å²) >= 11 is 1.25. The number of amides is 1. The molecule has 1 fully saturated rings. The zero-order valence-corrected chi connectivity index (χ0v) is 13.1. The van der Waals surface area contributed by atoms with E-state index in [2.05, 4.69) is 15.0 Å². The molecule has 0 saturated carbocycles. The molecule has 1 saturated heterocycles. The molecule has 1 aliphatic rings. The number of rotatable bonds is 5. The average molecular weight is 311 g/mol. The number of carbonyl (C=O) groups is 2. The van der Waals surface area contributed by atoms with Crippen LogP contribution < -0.4 is 11.1 Å². The molecule has 21 heavy (non-hydrogen) atoms. The number of likely N-dealkylation sites (tertiary alicyclic amines) is 1. The van der Waals surface area contributed by atoms with Gasteiger partial charge in [-0.2, -0.15) is 0 Å². The van der Waals surface area contributed by atoms with Gasteiger partial charge in [0.2, 0.25) is 5.91 Å². The van der Waals surface area contributed by atoms with E-state index in [9.17, 15) is 9.59 Å². The van der Waals surface area contributed by atoms with Gasteiger partial charge in [-0.05, 0) is 37.3 Å². The second-order valence-electron chi connectivity index (χ2n) is 5.35. The number of thiophene rings is 1. The highest BCUT2D eigenvalue weighted by molar-refractivity contribution is 7.12. The van der Waals surface area contributed by atoms with Gasteiger partial charge in [0.05, 0.1) is 19.3 Å². The third-order valence-corrected chi connectivity index (χ3v) is 4.62. The van der Waals surface area contributed by atoms with Crippen LogP contribution in [0.4, 0.5) is 5.69 Å². The molecule has 1 aliphatic heterocycles. The van der Waals surface area contributed by atoms with Crippen LogP contribution in [0.3, 0.4) is 0 Å². The Morgan fingerprint density at radius 1 is 1.62 bits per heavy atom. The topological polar surface area (TPSA) is 84.7 Å². The molecule has 2 atom stereocenters. The van der Waals surface area contributed by atoms with Gasteiger partial charge in [-0.3, -0.25) is 9.69 Å². The zero-order chi connectivity index (χ0) is 15.4. The SMILES string of the molecule is COC(=O)c1sccc1NC(=O)CN1CCC(C(C)N)C1. The lowest BCUT2D eigenvalue weighted by Gasteiger charge is -2.17. The number of nitrogens with zero attached hydrogens (tertiary/aromatic N) is 1. The Balaban J connectivity index is 1.88. The molecular formula is C14H21N3O3S. The monoisotopic (exact) mass is 311 g/mol. The number of nitrogens with two attached hydrogens (primary N) is 1. The predicted octanol–water partition coefficient (Wildman–Crippen LogP) is 1.14. The normalized spacial score (nSPS) is 20.2. The average Bonchev–Trinajstić information content (AvgIpc) is 3.07. The van der Waals surface area contributed by atoms with Crippen molar-refractivity contribution in [1.82, 2.24) is 4.90 Å². The molecule has 0 radical (unpaired) electrons. The molecule has 3 N–H and O–H groups in total. The van der Waals surface area contributed by atoms with Gasteiger partial charge in [-0.25, -0.2) is 4.79 Å². The van der Waals surface area contributed by atoms with Crippen LogP contribution in [0.2, 0.25) is 0 Å². The molecule has 6 nitrogen and oxygen atoms in total. The third-order valence-electron chi connectivity index (χ3n) is 3.73. The van der Waals surface area contributed by atoms with Gasteiger partial charge in [0.25, 0.3) is 0 Å². The Hall–Kier alpha value is -1.44. The second-order valence-corrected chi connectivity index (χ2v) is 6.26. The van der Waals surface area contributed by atoms with Gasteiger partial charge in [0, 0.05) is 12.6 Å². The molecule has 116 valence electrons. The van der Waals surface area contributed by atoms with Crippen molar-refractivity contribution < 1.29 is 14.3 Å². The van der Waals surface area contributed by atoms with Crippen LogP contribution in [-0.2, 0) is 9.53 Å². The molecule has 7 heteroatoms. The second kappa shape index (κ2) is 7.02. The lowest BCUT2D eigenvalue weighted by Crippen LogP contribution is -2.34. The van der Waals surface area contributed by atoms with Crippen molar-refractivity contribution in [2.75, 3.05) is 32.1 Å². The molecule has 1 aromatic rings. The van der Waals surface area contributed by atoms with Crippen LogP contribution in [0, 0.1) is 5.92 Å². The van der Waals surface area contributed by atoms with Crippen molar-refractivity contribution in [2.24, 2.45) is 11.7 Å². The summed E-state index contributed by atoms with van der Waals surface area (Å²) < 4.78 is 4.69. The maximum atomic E-state index is 12.1. The molecule has 1 amide bonds. The zero-order valence-electron chi connectivity index (χ0n) is 12.3. The molecule has 2 rings (SSSR count). The van der Waals surface area contributed by atoms with Crippen molar-refractivity contribution in [3.8, 4) is 0 Å². The maximum absolute atomic E-state index is 12.1. The number of hydrogen-bond donors (Lipinski definition) is 2. The summed E-state index contributed by atoms with van der Waals surface area (Å²) in [5.41, 5.74) is 6.41. The standard InChI is InChI=1S/C14H21N3O3S/c1-9(15)10-3-5-17(7-10)8-12(18)16-11-4-6-21-13(11)14(19)20-2/h4,6,9-10H,3,5,7-8,15H2,1-2H3,(H,16,18). The fourth-order valence-corrected chi connectivity index (χ4v) is 3.25. The summed E-state index contributed by atoms with van der Waals surface area (Å²) in [6.45, 7) is 4.05. The molecule has 2 heterocycles. The van der Waals surface area contributed by atoms with Gasteiger partial charge in [0.1, 0.15) is 4.88 Å². The van der Waals surface area contributed by atoms with Crippen LogP contribution in [0.15, 0.2) is 11.4 Å². The predicted molar refractivity (Wildman–Crippen MR) is 82.5 cm³/mol. The quantitative estimate of drug-likeness (QED) is 0.797. The van der Waals surface area contributed by atoms with Gasteiger partial charge < -0.3 is 15.8 Å². The van der Waals surface area contributed by atoms with E-state index in [1.807, 2.05) is 6.92 Å². The van der Waals surface area contributed by atoms with Crippen molar-refractivity contribution in [1.29, 1.82) is 0 Å². The summed E-state index contributed by atoms with van der Waals surface area (Å²) in [7, 11) is 1.33. The largest absolute Gasteiger partial charge is 0.465 e. The first-order valence-corrected chi connectivity index (χ1v) is 7.82. The molecule has 0 bridgehead atoms. The fraction of sp³-hybridized carbons (Fsp3) is 0.571. The van der Waals surface area contributed by atoms with Crippen LogP contribution in [0.5, 0.6) is 0 Å².